The van der Waals surface area contributed by atoms with Gasteiger partial charge in [0, 0.05) is 0 Å². The topological polar surface area (TPSA) is 0 Å². The zero-order chi connectivity index (χ0) is 8.48. The molecule has 11 heavy (non-hydrogen) atoms. The van der Waals surface area contributed by atoms with E-state index in [2.05, 4.69) is 57.7 Å². The molecule has 0 bridgehead atoms. The van der Waals surface area contributed by atoms with Crippen molar-refractivity contribution in [3.8, 4) is 0 Å². The van der Waals surface area contributed by atoms with Crippen LogP contribution in [0.15, 0.2) is 29.2 Å². The van der Waals surface area contributed by atoms with Crippen LogP contribution in [0.2, 0.25) is 0 Å². The van der Waals surface area contributed by atoms with E-state index in [1.54, 1.807) is 0 Å². The number of benzene rings is 1. The Morgan fingerprint density at radius 1 is 1.00 bits per heavy atom. The second kappa shape index (κ2) is 2.90. The minimum atomic E-state index is 0.264. The first kappa shape index (κ1) is 8.66. The highest BCUT2D eigenvalue weighted by molar-refractivity contribution is 7.58. The lowest BCUT2D eigenvalue weighted by Crippen LogP contribution is -2.10. The number of hydrogen-bond donors (Lipinski definition) is 0. The van der Waals surface area contributed by atoms with E-state index in [0.717, 1.165) is 4.90 Å². The highest BCUT2D eigenvalue weighted by Gasteiger charge is 2.12. The lowest BCUT2D eigenvalue weighted by molar-refractivity contribution is 0.590. The molecule has 1 aromatic rings. The van der Waals surface area contributed by atoms with Crippen molar-refractivity contribution in [3.05, 3.63) is 29.8 Å². The molecule has 0 spiro atoms. The largest absolute Gasteiger partial charge is 0.150 e. The van der Waals surface area contributed by atoms with Crippen LogP contribution < -0.4 is 0 Å². The molecule has 0 aromatic heterocycles. The van der Waals surface area contributed by atoms with Crippen molar-refractivity contribution in [3.63, 3.8) is 0 Å². The fraction of sp³-hybridized carbons (Fsp3) is 0.400. The lowest BCUT2D eigenvalue weighted by atomic mass is 9.87. The fourth-order valence-corrected chi connectivity index (χ4v) is 1.14. The molecule has 0 heterocycles. The third-order valence-electron chi connectivity index (χ3n) is 1.75. The first-order valence-electron chi connectivity index (χ1n) is 3.82. The van der Waals surface area contributed by atoms with Gasteiger partial charge >= 0.3 is 0 Å². The predicted molar refractivity (Wildman–Crippen MR) is 53.6 cm³/mol. The highest BCUT2D eigenvalue weighted by Crippen LogP contribution is 2.21. The van der Waals surface area contributed by atoms with Crippen LogP contribution in [0, 0.1) is 0 Å². The van der Waals surface area contributed by atoms with Crippen molar-refractivity contribution >= 4 is 12.6 Å². The minimum Gasteiger partial charge on any atom is -0.0561 e. The molecule has 0 nitrogen and oxygen atoms in total. The lowest BCUT2D eigenvalue weighted by Gasteiger charge is -2.18. The summed E-state index contributed by atoms with van der Waals surface area (Å²) in [4.78, 5) is 1.14. The molecule has 0 amide bonds. The maximum absolute atomic E-state index is 3.46. The quantitative estimate of drug-likeness (QED) is 0.520. The first-order chi connectivity index (χ1) is 5.00. The summed E-state index contributed by atoms with van der Waals surface area (Å²) in [6.07, 6.45) is 0. The van der Waals surface area contributed by atoms with E-state index >= 15 is 0 Å². The van der Waals surface area contributed by atoms with Gasteiger partial charge in [0.15, 0.2) is 0 Å². The van der Waals surface area contributed by atoms with Crippen molar-refractivity contribution in [2.45, 2.75) is 31.1 Å². The van der Waals surface area contributed by atoms with Crippen molar-refractivity contribution in [2.75, 3.05) is 0 Å². The third-order valence-corrected chi connectivity index (χ3v) is 2.08. The molecule has 0 unspecified atom stereocenters. The Morgan fingerprint density at radius 3 is 1.82 bits per heavy atom. The SMILES string of the molecule is CC(C)(C)c1ccc([SH2+])cc1. The van der Waals surface area contributed by atoms with Crippen LogP contribution in [-0.2, 0) is 18.0 Å². The summed E-state index contributed by atoms with van der Waals surface area (Å²) in [6.45, 7) is 6.65. The molecular formula is C10H15S+. The van der Waals surface area contributed by atoms with E-state index < -0.39 is 0 Å². The fourth-order valence-electron chi connectivity index (χ4n) is 0.970. The summed E-state index contributed by atoms with van der Waals surface area (Å²) in [5, 5.41) is 0. The molecule has 0 saturated heterocycles. The van der Waals surface area contributed by atoms with Gasteiger partial charge in [-0.2, -0.15) is 0 Å². The van der Waals surface area contributed by atoms with Crippen LogP contribution in [0.3, 0.4) is 0 Å². The molecule has 1 rings (SSSR count). The Bertz CT molecular complexity index is 228. The van der Waals surface area contributed by atoms with Crippen molar-refractivity contribution in [1.82, 2.24) is 0 Å². The standard InChI is InChI=1S/C10H14S/c1-10(2,3)8-4-6-9(11)7-5-8/h4-7,11H,1-3H3/p+1. The van der Waals surface area contributed by atoms with Crippen LogP contribution >= 0.6 is 0 Å². The molecule has 60 valence electrons. The normalized spacial score (nSPS) is 11.6. The minimum absolute atomic E-state index is 0.264. The maximum atomic E-state index is 3.46. The Hall–Kier alpha value is -0.430. The summed E-state index contributed by atoms with van der Waals surface area (Å²) in [5.74, 6) is 0. The van der Waals surface area contributed by atoms with Gasteiger partial charge in [0.1, 0.15) is 4.90 Å². The summed E-state index contributed by atoms with van der Waals surface area (Å²) >= 11 is 3.46. The molecule has 1 aromatic carbocycles. The van der Waals surface area contributed by atoms with Crippen molar-refractivity contribution in [1.29, 1.82) is 0 Å². The van der Waals surface area contributed by atoms with Gasteiger partial charge in [0.25, 0.3) is 0 Å². The zero-order valence-corrected chi connectivity index (χ0v) is 8.31. The Labute approximate surface area is 74.0 Å². The van der Waals surface area contributed by atoms with Crippen LogP contribution in [-0.4, -0.2) is 0 Å². The van der Waals surface area contributed by atoms with Gasteiger partial charge in [-0.1, -0.05) is 32.9 Å². The van der Waals surface area contributed by atoms with Gasteiger partial charge < -0.3 is 0 Å². The van der Waals surface area contributed by atoms with Gasteiger partial charge in [0.05, 0.1) is 0 Å². The Morgan fingerprint density at radius 2 is 1.45 bits per heavy atom. The van der Waals surface area contributed by atoms with Gasteiger partial charge in [-0.3, -0.25) is 0 Å². The second-order valence-electron chi connectivity index (χ2n) is 3.83. The van der Waals surface area contributed by atoms with Crippen molar-refractivity contribution in [2.24, 2.45) is 0 Å². The van der Waals surface area contributed by atoms with E-state index in [-0.39, 0.29) is 5.41 Å². The molecule has 0 saturated carbocycles. The first-order valence-corrected chi connectivity index (χ1v) is 4.32. The predicted octanol–water partition coefficient (Wildman–Crippen LogP) is 2.35. The average molecular weight is 167 g/mol. The smallest absolute Gasteiger partial charge is 0.0561 e. The molecule has 0 aliphatic heterocycles. The van der Waals surface area contributed by atoms with Gasteiger partial charge in [-0.15, -0.1) is 0 Å². The monoisotopic (exact) mass is 167 g/mol. The molecule has 0 radical (unpaired) electrons. The van der Waals surface area contributed by atoms with Crippen LogP contribution in [0.25, 0.3) is 0 Å². The molecule has 1 heteroatoms. The van der Waals surface area contributed by atoms with E-state index in [1.807, 2.05) is 0 Å². The Balaban J connectivity index is 2.99. The van der Waals surface area contributed by atoms with E-state index in [4.69, 9.17) is 0 Å². The number of hydrogen-bond acceptors (Lipinski definition) is 0. The maximum Gasteiger partial charge on any atom is 0.150 e. The van der Waals surface area contributed by atoms with Gasteiger partial charge in [-0.25, -0.2) is 0 Å². The summed E-state index contributed by atoms with van der Waals surface area (Å²) in [7, 11) is 0. The summed E-state index contributed by atoms with van der Waals surface area (Å²) in [6, 6.07) is 8.47. The van der Waals surface area contributed by atoms with E-state index in [1.165, 1.54) is 5.56 Å². The van der Waals surface area contributed by atoms with E-state index in [9.17, 15) is 0 Å². The molecule has 0 N–H and O–H groups in total. The average Bonchev–Trinajstić information content (AvgIpc) is 1.86. The summed E-state index contributed by atoms with van der Waals surface area (Å²) < 4.78 is 0. The van der Waals surface area contributed by atoms with Crippen LogP contribution in [0.4, 0.5) is 0 Å². The van der Waals surface area contributed by atoms with Crippen molar-refractivity contribution < 1.29 is 0 Å². The van der Waals surface area contributed by atoms with Gasteiger partial charge in [-0.05, 0) is 35.7 Å². The number of rotatable bonds is 0. The van der Waals surface area contributed by atoms with E-state index in [0.29, 0.717) is 0 Å². The van der Waals surface area contributed by atoms with Gasteiger partial charge in [0.2, 0.25) is 0 Å². The highest BCUT2D eigenvalue weighted by atomic mass is 32.1. The molecular weight excluding hydrogens is 152 g/mol. The Kier molecular flexibility index (Phi) is 2.28. The molecule has 0 aliphatic rings. The van der Waals surface area contributed by atoms with Crippen LogP contribution in [0.5, 0.6) is 0 Å². The molecule has 0 fully saturated rings. The molecule has 0 aliphatic carbocycles. The third kappa shape index (κ3) is 2.26. The summed E-state index contributed by atoms with van der Waals surface area (Å²) in [5.41, 5.74) is 1.64. The molecule has 0 atom stereocenters. The second-order valence-corrected chi connectivity index (χ2v) is 4.40. The van der Waals surface area contributed by atoms with Crippen LogP contribution in [0.1, 0.15) is 26.3 Å². The zero-order valence-electron chi connectivity index (χ0n) is 7.31.